The maximum Gasteiger partial charge on any atom is 0.252 e. The quantitative estimate of drug-likeness (QED) is 0.792. The van der Waals surface area contributed by atoms with Gasteiger partial charge in [0.05, 0.1) is 11.5 Å². The monoisotopic (exact) mass is 337 g/mol. The Morgan fingerprint density at radius 1 is 1.45 bits per heavy atom. The van der Waals surface area contributed by atoms with Gasteiger partial charge in [-0.15, -0.1) is 11.3 Å². The molecule has 1 fully saturated rings. The molecule has 0 unspecified atom stereocenters. The van der Waals surface area contributed by atoms with Gasteiger partial charge in [-0.25, -0.2) is 16.8 Å². The molecule has 1 saturated heterocycles. The highest BCUT2D eigenvalue weighted by Gasteiger charge is 2.38. The number of hydrogen-bond acceptors (Lipinski definition) is 5. The minimum Gasteiger partial charge on any atom is -0.229 e. The Morgan fingerprint density at radius 3 is 2.70 bits per heavy atom. The molecule has 0 aliphatic carbocycles. The second kappa shape index (κ2) is 6.13. The van der Waals surface area contributed by atoms with Crippen molar-refractivity contribution in [2.45, 2.75) is 36.4 Å². The van der Waals surface area contributed by atoms with Crippen LogP contribution in [0.3, 0.4) is 0 Å². The molecule has 5 nitrogen and oxygen atoms in total. The molecule has 1 aromatic rings. The molecule has 0 radical (unpaired) electrons. The highest BCUT2D eigenvalue weighted by molar-refractivity contribution is 7.92. The largest absolute Gasteiger partial charge is 0.252 e. The van der Waals surface area contributed by atoms with Gasteiger partial charge in [0, 0.05) is 12.6 Å². The lowest BCUT2D eigenvalue weighted by Gasteiger charge is -2.26. The third-order valence-corrected chi connectivity index (χ3v) is 8.48. The smallest absolute Gasteiger partial charge is 0.229 e. The van der Waals surface area contributed by atoms with E-state index in [-0.39, 0.29) is 15.7 Å². The van der Waals surface area contributed by atoms with Crippen LogP contribution in [0.2, 0.25) is 0 Å². The molecule has 0 bridgehead atoms. The van der Waals surface area contributed by atoms with Crippen molar-refractivity contribution in [1.29, 1.82) is 0 Å². The average Bonchev–Trinajstić information content (AvgIpc) is 2.99. The first-order chi connectivity index (χ1) is 9.37. The van der Waals surface area contributed by atoms with E-state index in [1.165, 1.54) is 15.6 Å². The van der Waals surface area contributed by atoms with Crippen LogP contribution >= 0.6 is 11.3 Å². The summed E-state index contributed by atoms with van der Waals surface area (Å²) in [7, 11) is -6.67. The summed E-state index contributed by atoms with van der Waals surface area (Å²) in [6.45, 7) is 2.37. The summed E-state index contributed by atoms with van der Waals surface area (Å²) in [6.07, 6.45) is 2.01. The number of unbranched alkanes of at least 4 members (excludes halogenated alkanes) is 1. The van der Waals surface area contributed by atoms with Gasteiger partial charge in [-0.3, -0.25) is 0 Å². The Kier molecular flexibility index (Phi) is 4.88. The highest BCUT2D eigenvalue weighted by Crippen LogP contribution is 2.27. The lowest BCUT2D eigenvalue weighted by Crippen LogP contribution is -2.41. The zero-order valence-corrected chi connectivity index (χ0v) is 13.8. The Labute approximate surface area is 124 Å². The van der Waals surface area contributed by atoms with Crippen LogP contribution < -0.4 is 0 Å². The first-order valence-corrected chi connectivity index (χ1v) is 10.8. The number of sulfone groups is 1. The molecule has 1 atom stereocenters. The van der Waals surface area contributed by atoms with Gasteiger partial charge in [0.15, 0.2) is 9.84 Å². The van der Waals surface area contributed by atoms with Crippen LogP contribution in [0.25, 0.3) is 0 Å². The molecule has 20 heavy (non-hydrogen) atoms. The van der Waals surface area contributed by atoms with Gasteiger partial charge in [0.1, 0.15) is 4.21 Å². The second-order valence-electron chi connectivity index (χ2n) is 4.96. The lowest BCUT2D eigenvalue weighted by atomic mass is 10.2. The van der Waals surface area contributed by atoms with Crippen LogP contribution in [0.1, 0.15) is 26.2 Å². The first-order valence-electron chi connectivity index (χ1n) is 6.62. The fourth-order valence-electron chi connectivity index (χ4n) is 2.34. The molecule has 0 spiro atoms. The van der Waals surface area contributed by atoms with E-state index in [1.54, 1.807) is 17.5 Å². The van der Waals surface area contributed by atoms with E-state index in [4.69, 9.17) is 0 Å². The van der Waals surface area contributed by atoms with Gasteiger partial charge in [-0.05, 0) is 24.3 Å². The Bertz CT molecular complexity index is 634. The van der Waals surface area contributed by atoms with Crippen molar-refractivity contribution in [2.24, 2.45) is 0 Å². The minimum absolute atomic E-state index is 0.0542. The van der Waals surface area contributed by atoms with Gasteiger partial charge in [0.25, 0.3) is 10.0 Å². The van der Waals surface area contributed by atoms with E-state index in [2.05, 4.69) is 0 Å². The van der Waals surface area contributed by atoms with Crippen molar-refractivity contribution in [2.75, 3.05) is 18.1 Å². The minimum atomic E-state index is -3.58. The summed E-state index contributed by atoms with van der Waals surface area (Å²) in [6, 6.07) is 2.85. The number of hydrogen-bond donors (Lipinski definition) is 0. The summed E-state index contributed by atoms with van der Waals surface area (Å²) in [5.41, 5.74) is 0. The predicted octanol–water partition coefficient (Wildman–Crippen LogP) is 1.73. The summed E-state index contributed by atoms with van der Waals surface area (Å²) in [5.74, 6) is 0.0293. The zero-order chi connectivity index (χ0) is 14.8. The molecular weight excluding hydrogens is 318 g/mol. The third-order valence-electron chi connectivity index (χ3n) is 3.41. The molecule has 2 rings (SSSR count). The topological polar surface area (TPSA) is 71.5 Å². The van der Waals surface area contributed by atoms with Crippen molar-refractivity contribution in [3.63, 3.8) is 0 Å². The van der Waals surface area contributed by atoms with Crippen molar-refractivity contribution >= 4 is 31.2 Å². The molecule has 1 aliphatic heterocycles. The van der Waals surface area contributed by atoms with Gasteiger partial charge in [0.2, 0.25) is 0 Å². The lowest BCUT2D eigenvalue weighted by molar-refractivity contribution is 0.336. The van der Waals surface area contributed by atoms with Gasteiger partial charge < -0.3 is 0 Å². The van der Waals surface area contributed by atoms with Crippen molar-refractivity contribution in [3.8, 4) is 0 Å². The van der Waals surface area contributed by atoms with Crippen molar-refractivity contribution in [1.82, 2.24) is 4.31 Å². The molecule has 1 aromatic heterocycles. The van der Waals surface area contributed by atoms with Crippen molar-refractivity contribution in [3.05, 3.63) is 17.5 Å². The molecule has 0 aromatic carbocycles. The van der Waals surface area contributed by atoms with E-state index in [1.807, 2.05) is 6.92 Å². The van der Waals surface area contributed by atoms with Gasteiger partial charge >= 0.3 is 0 Å². The summed E-state index contributed by atoms with van der Waals surface area (Å²) in [4.78, 5) is 0. The standard InChI is InChI=1S/C12H19NO4S3/c1-2-3-7-13(11-6-9-19(14,15)10-11)20(16,17)12-5-4-8-18-12/h4-5,8,11H,2-3,6-7,9-10H2,1H3/t11-/m1/s1. The first kappa shape index (κ1) is 15.9. The molecule has 0 N–H and O–H groups in total. The van der Waals surface area contributed by atoms with E-state index in [0.29, 0.717) is 13.0 Å². The van der Waals surface area contributed by atoms with E-state index in [0.717, 1.165) is 12.8 Å². The fraction of sp³-hybridized carbons (Fsp3) is 0.667. The van der Waals surface area contributed by atoms with Crippen LogP contribution in [0, 0.1) is 0 Å². The van der Waals surface area contributed by atoms with Crippen LogP contribution in [0.4, 0.5) is 0 Å². The summed E-state index contributed by atoms with van der Waals surface area (Å²) in [5, 5.41) is 1.72. The van der Waals surface area contributed by atoms with Gasteiger partial charge in [-0.1, -0.05) is 19.4 Å². The summed E-state index contributed by atoms with van der Waals surface area (Å²) >= 11 is 1.17. The molecular formula is C12H19NO4S3. The van der Waals surface area contributed by atoms with Crippen molar-refractivity contribution < 1.29 is 16.8 Å². The number of nitrogens with zero attached hydrogens (tertiary/aromatic N) is 1. The van der Waals surface area contributed by atoms with Crippen LogP contribution in [-0.4, -0.2) is 45.2 Å². The molecule has 8 heteroatoms. The average molecular weight is 337 g/mol. The molecule has 114 valence electrons. The molecule has 1 aliphatic rings. The van der Waals surface area contributed by atoms with Crippen LogP contribution in [0.15, 0.2) is 21.7 Å². The van der Waals surface area contributed by atoms with E-state index < -0.39 is 25.9 Å². The molecule has 0 saturated carbocycles. The molecule has 2 heterocycles. The van der Waals surface area contributed by atoms with E-state index >= 15 is 0 Å². The number of thiophene rings is 1. The Morgan fingerprint density at radius 2 is 2.20 bits per heavy atom. The molecule has 0 amide bonds. The highest BCUT2D eigenvalue weighted by atomic mass is 32.2. The number of rotatable bonds is 6. The SMILES string of the molecule is CCCCN([C@@H]1CCS(=O)(=O)C1)S(=O)(=O)c1cccs1. The third kappa shape index (κ3) is 3.41. The maximum absolute atomic E-state index is 12.6. The maximum atomic E-state index is 12.6. The second-order valence-corrected chi connectivity index (χ2v) is 10.3. The number of sulfonamides is 1. The fourth-order valence-corrected chi connectivity index (χ4v) is 6.98. The zero-order valence-electron chi connectivity index (χ0n) is 11.4. The van der Waals surface area contributed by atoms with Crippen LogP contribution in [-0.2, 0) is 19.9 Å². The predicted molar refractivity (Wildman–Crippen MR) is 80.2 cm³/mol. The Balaban J connectivity index is 2.29. The van der Waals surface area contributed by atoms with Crippen LogP contribution in [0.5, 0.6) is 0 Å². The van der Waals surface area contributed by atoms with E-state index in [9.17, 15) is 16.8 Å². The Hall–Kier alpha value is -0.440. The van der Waals surface area contributed by atoms with Gasteiger partial charge in [-0.2, -0.15) is 4.31 Å². The summed E-state index contributed by atoms with van der Waals surface area (Å²) < 4.78 is 50.2. The normalized spacial score (nSPS) is 22.4.